The molecular weight excluding hydrogens is 398 g/mol. The van der Waals surface area contributed by atoms with Crippen molar-refractivity contribution < 1.29 is 14.4 Å². The number of imide groups is 1. The lowest BCUT2D eigenvalue weighted by molar-refractivity contribution is -0.128. The van der Waals surface area contributed by atoms with E-state index in [1.54, 1.807) is 11.8 Å². The number of amides is 4. The molecule has 4 amide bonds. The van der Waals surface area contributed by atoms with Gasteiger partial charge in [-0.15, -0.1) is 0 Å². The highest BCUT2D eigenvalue weighted by atomic mass is 32.2. The third-order valence-corrected chi connectivity index (χ3v) is 7.09. The Kier molecular flexibility index (Phi) is 5.56. The molecule has 1 aliphatic heterocycles. The summed E-state index contributed by atoms with van der Waals surface area (Å²) in [5, 5.41) is 8.01. The molecule has 0 bridgehead atoms. The average molecular weight is 424 g/mol. The maximum atomic E-state index is 12.7. The van der Waals surface area contributed by atoms with E-state index in [1.165, 1.54) is 16.0 Å². The number of carbonyl (C=O) groups excluding carboxylic acids is 3. The van der Waals surface area contributed by atoms with Gasteiger partial charge in [-0.2, -0.15) is 0 Å². The Morgan fingerprint density at radius 2 is 1.77 bits per heavy atom. The zero-order valence-electron chi connectivity index (χ0n) is 17.1. The zero-order chi connectivity index (χ0) is 21.3. The van der Waals surface area contributed by atoms with Crippen LogP contribution in [0.1, 0.15) is 36.8 Å². The van der Waals surface area contributed by atoms with Crippen molar-refractivity contribution in [2.24, 2.45) is 5.92 Å². The Balaban J connectivity index is 1.33. The third-order valence-electron chi connectivity index (χ3n) is 5.90. The molecule has 4 rings (SSSR count). The number of anilines is 1. The lowest BCUT2D eigenvalue weighted by atomic mass is 9.76. The van der Waals surface area contributed by atoms with Crippen LogP contribution in [0.25, 0.3) is 0 Å². The van der Waals surface area contributed by atoms with Gasteiger partial charge >= 0.3 is 6.03 Å². The molecule has 1 saturated heterocycles. The van der Waals surface area contributed by atoms with E-state index in [0.29, 0.717) is 25.7 Å². The fraction of sp³-hybridized carbons (Fsp3) is 0.348. The fourth-order valence-electron chi connectivity index (χ4n) is 4.14. The van der Waals surface area contributed by atoms with Gasteiger partial charge in [-0.1, -0.05) is 29.5 Å². The van der Waals surface area contributed by atoms with Gasteiger partial charge in [-0.05, 0) is 75.4 Å². The first kappa shape index (κ1) is 20.5. The molecular formula is C23H25N3O3S. The van der Waals surface area contributed by atoms with Crippen molar-refractivity contribution in [2.45, 2.75) is 54.9 Å². The topological polar surface area (TPSA) is 87.3 Å². The van der Waals surface area contributed by atoms with E-state index in [4.69, 9.17) is 0 Å². The van der Waals surface area contributed by atoms with Gasteiger partial charge in [0.25, 0.3) is 5.91 Å². The smallest absolute Gasteiger partial charge is 0.322 e. The molecule has 3 N–H and O–H groups in total. The van der Waals surface area contributed by atoms with Gasteiger partial charge in [0.05, 0.1) is 0 Å². The van der Waals surface area contributed by atoms with Crippen molar-refractivity contribution in [3.8, 4) is 0 Å². The standard InChI is InChI=1S/C23H25N3O3S/c1-14-3-8-19(15(2)13-14)30-18-6-4-17(5-7-18)24-20(27)16-9-11-23(12-10-16)21(28)25-22(29)26-23/h3-8,13,16H,9-12H2,1-2H3,(H,24,27)(H2,25,26,28,29). The van der Waals surface area contributed by atoms with Crippen molar-refractivity contribution in [1.82, 2.24) is 10.6 Å². The number of hydrogen-bond donors (Lipinski definition) is 3. The minimum absolute atomic E-state index is 0.0376. The Morgan fingerprint density at radius 1 is 1.07 bits per heavy atom. The molecule has 2 aromatic carbocycles. The highest BCUT2D eigenvalue weighted by Crippen LogP contribution is 2.35. The summed E-state index contributed by atoms with van der Waals surface area (Å²) in [6.45, 7) is 4.20. The number of urea groups is 1. The van der Waals surface area contributed by atoms with Crippen molar-refractivity contribution in [2.75, 3.05) is 5.32 Å². The van der Waals surface area contributed by atoms with Crippen LogP contribution in [0, 0.1) is 19.8 Å². The summed E-state index contributed by atoms with van der Waals surface area (Å²) in [6.07, 6.45) is 2.10. The van der Waals surface area contributed by atoms with E-state index in [1.807, 2.05) is 24.3 Å². The molecule has 1 aliphatic carbocycles. The molecule has 156 valence electrons. The number of benzene rings is 2. The molecule has 0 radical (unpaired) electrons. The van der Waals surface area contributed by atoms with Crippen LogP contribution in [0.3, 0.4) is 0 Å². The van der Waals surface area contributed by atoms with Crippen LogP contribution in [0.2, 0.25) is 0 Å². The molecule has 2 aromatic rings. The highest BCUT2D eigenvalue weighted by Gasteiger charge is 2.48. The van der Waals surface area contributed by atoms with Crippen LogP contribution in [0.5, 0.6) is 0 Å². The monoisotopic (exact) mass is 423 g/mol. The predicted molar refractivity (Wildman–Crippen MR) is 116 cm³/mol. The van der Waals surface area contributed by atoms with Gasteiger partial charge in [0.15, 0.2) is 0 Å². The molecule has 7 heteroatoms. The summed E-state index contributed by atoms with van der Waals surface area (Å²) in [6, 6.07) is 13.8. The zero-order valence-corrected chi connectivity index (χ0v) is 17.9. The Hall–Kier alpha value is -2.80. The van der Waals surface area contributed by atoms with Gasteiger partial charge < -0.3 is 10.6 Å². The first-order chi connectivity index (χ1) is 14.3. The average Bonchev–Trinajstić information content (AvgIpc) is 2.98. The number of hydrogen-bond acceptors (Lipinski definition) is 4. The lowest BCUT2D eigenvalue weighted by Crippen LogP contribution is -2.50. The predicted octanol–water partition coefficient (Wildman–Crippen LogP) is 4.16. The molecule has 1 saturated carbocycles. The van der Waals surface area contributed by atoms with Gasteiger partial charge in [0, 0.05) is 21.4 Å². The van der Waals surface area contributed by atoms with E-state index in [2.05, 4.69) is 48.0 Å². The minimum Gasteiger partial charge on any atom is -0.326 e. The fourth-order valence-corrected chi connectivity index (χ4v) is 5.03. The number of rotatable bonds is 4. The summed E-state index contributed by atoms with van der Waals surface area (Å²) in [5.41, 5.74) is 2.43. The van der Waals surface area contributed by atoms with E-state index in [0.717, 1.165) is 10.6 Å². The number of nitrogens with one attached hydrogen (secondary N) is 3. The summed E-state index contributed by atoms with van der Waals surface area (Å²) in [4.78, 5) is 38.5. The second-order valence-electron chi connectivity index (χ2n) is 8.15. The summed E-state index contributed by atoms with van der Waals surface area (Å²) >= 11 is 1.70. The SMILES string of the molecule is Cc1ccc(Sc2ccc(NC(=O)C3CCC4(CC3)NC(=O)NC4=O)cc2)c(C)c1. The molecule has 6 nitrogen and oxygen atoms in total. The second-order valence-corrected chi connectivity index (χ2v) is 9.26. The number of aryl methyl sites for hydroxylation is 2. The van der Waals surface area contributed by atoms with Gasteiger partial charge in [0.1, 0.15) is 5.54 Å². The van der Waals surface area contributed by atoms with Crippen molar-refractivity contribution in [3.63, 3.8) is 0 Å². The van der Waals surface area contributed by atoms with Gasteiger partial charge in [0.2, 0.25) is 5.91 Å². The summed E-state index contributed by atoms with van der Waals surface area (Å²) in [5.74, 6) is -0.474. The lowest BCUT2D eigenvalue weighted by Gasteiger charge is -2.33. The highest BCUT2D eigenvalue weighted by molar-refractivity contribution is 7.99. The van der Waals surface area contributed by atoms with Crippen molar-refractivity contribution in [1.29, 1.82) is 0 Å². The van der Waals surface area contributed by atoms with E-state index in [9.17, 15) is 14.4 Å². The molecule has 2 fully saturated rings. The first-order valence-corrected chi connectivity index (χ1v) is 11.0. The quantitative estimate of drug-likeness (QED) is 0.645. The molecule has 0 aromatic heterocycles. The van der Waals surface area contributed by atoms with Crippen LogP contribution in [-0.2, 0) is 9.59 Å². The molecule has 1 spiro atoms. The molecule has 1 heterocycles. The number of carbonyl (C=O) groups is 3. The van der Waals surface area contributed by atoms with Crippen LogP contribution < -0.4 is 16.0 Å². The van der Waals surface area contributed by atoms with Crippen LogP contribution in [0.4, 0.5) is 10.5 Å². The van der Waals surface area contributed by atoms with Crippen molar-refractivity contribution in [3.05, 3.63) is 53.6 Å². The normalized spacial score (nSPS) is 23.2. The second kappa shape index (κ2) is 8.14. The maximum absolute atomic E-state index is 12.7. The first-order valence-electron chi connectivity index (χ1n) is 10.1. The van der Waals surface area contributed by atoms with E-state index in [-0.39, 0.29) is 17.7 Å². The molecule has 0 atom stereocenters. The van der Waals surface area contributed by atoms with Crippen LogP contribution in [-0.4, -0.2) is 23.4 Å². The van der Waals surface area contributed by atoms with Crippen LogP contribution in [0.15, 0.2) is 52.3 Å². The minimum atomic E-state index is -0.832. The van der Waals surface area contributed by atoms with E-state index < -0.39 is 11.6 Å². The molecule has 2 aliphatic rings. The largest absolute Gasteiger partial charge is 0.326 e. The molecule has 0 unspecified atom stereocenters. The third kappa shape index (κ3) is 4.21. The Bertz CT molecular complexity index is 995. The van der Waals surface area contributed by atoms with Gasteiger partial charge in [-0.3, -0.25) is 14.9 Å². The Labute approximate surface area is 180 Å². The van der Waals surface area contributed by atoms with Crippen LogP contribution >= 0.6 is 11.8 Å². The maximum Gasteiger partial charge on any atom is 0.322 e. The summed E-state index contributed by atoms with van der Waals surface area (Å²) in [7, 11) is 0. The Morgan fingerprint density at radius 3 is 2.37 bits per heavy atom. The summed E-state index contributed by atoms with van der Waals surface area (Å²) < 4.78 is 0. The molecule has 30 heavy (non-hydrogen) atoms. The van der Waals surface area contributed by atoms with Crippen molar-refractivity contribution >= 4 is 35.3 Å². The van der Waals surface area contributed by atoms with E-state index >= 15 is 0 Å². The van der Waals surface area contributed by atoms with Gasteiger partial charge in [-0.25, -0.2) is 4.79 Å².